The highest BCUT2D eigenvalue weighted by atomic mass is 16.2. The minimum Gasteiger partial charge on any atom is -0.339 e. The topological polar surface area (TPSA) is 69.7 Å². The fourth-order valence-corrected chi connectivity index (χ4v) is 4.04. The Morgan fingerprint density at radius 2 is 1.89 bits per heavy atom. The largest absolute Gasteiger partial charge is 0.339 e. The summed E-state index contributed by atoms with van der Waals surface area (Å²) in [6, 6.07) is 7.15. The van der Waals surface area contributed by atoms with Crippen LogP contribution < -0.4 is 10.4 Å². The molecule has 6 nitrogen and oxygen atoms in total. The van der Waals surface area contributed by atoms with Gasteiger partial charge in [-0.2, -0.15) is 0 Å². The van der Waals surface area contributed by atoms with Gasteiger partial charge in [0.15, 0.2) is 0 Å². The maximum atomic E-state index is 12.9. The van der Waals surface area contributed by atoms with E-state index in [0.717, 1.165) is 0 Å². The van der Waals surface area contributed by atoms with Crippen molar-refractivity contribution in [2.75, 3.05) is 12.1 Å². The third-order valence-electron chi connectivity index (χ3n) is 6.12. The van der Waals surface area contributed by atoms with Gasteiger partial charge in [-0.05, 0) is 56.7 Å². The first-order valence-corrected chi connectivity index (χ1v) is 9.64. The summed E-state index contributed by atoms with van der Waals surface area (Å²) in [4.78, 5) is 40.0. The number of hydrazine groups is 1. The van der Waals surface area contributed by atoms with Gasteiger partial charge in [-0.1, -0.05) is 18.2 Å². The Morgan fingerprint density at radius 3 is 2.59 bits per heavy atom. The SMILES string of the molecule is C[C@H](C1CC1)N(C)C(=O)c1cccc(N2NC(=O)[C@H]3CC=CC[C@@H]3C2=O)c1. The zero-order valence-corrected chi connectivity index (χ0v) is 15.7. The molecule has 0 spiro atoms. The lowest BCUT2D eigenvalue weighted by atomic mass is 9.80. The summed E-state index contributed by atoms with van der Waals surface area (Å²) in [6.07, 6.45) is 7.43. The van der Waals surface area contributed by atoms with Gasteiger partial charge < -0.3 is 4.90 Å². The number of benzene rings is 1. The van der Waals surface area contributed by atoms with E-state index in [-0.39, 0.29) is 35.6 Å². The van der Waals surface area contributed by atoms with Crippen molar-refractivity contribution < 1.29 is 14.4 Å². The van der Waals surface area contributed by atoms with Crippen molar-refractivity contribution in [3.63, 3.8) is 0 Å². The van der Waals surface area contributed by atoms with Crippen molar-refractivity contribution >= 4 is 23.4 Å². The van der Waals surface area contributed by atoms with Gasteiger partial charge >= 0.3 is 0 Å². The number of nitrogens with zero attached hydrogens (tertiary/aromatic N) is 2. The van der Waals surface area contributed by atoms with E-state index in [1.54, 1.807) is 29.2 Å². The standard InChI is InChI=1S/C21H25N3O3/c1-13(14-10-11-14)23(2)20(26)15-6-5-7-16(12-15)24-21(27)18-9-4-3-8-17(18)19(25)22-24/h3-7,12-14,17-18H,8-11H2,1-2H3,(H,22,25)/t13-,17+,18+/m1/s1. The molecule has 1 aromatic rings. The zero-order chi connectivity index (χ0) is 19.1. The van der Waals surface area contributed by atoms with Crippen LogP contribution in [-0.4, -0.2) is 35.7 Å². The molecule has 27 heavy (non-hydrogen) atoms. The van der Waals surface area contributed by atoms with Crippen LogP contribution in [0.15, 0.2) is 36.4 Å². The molecule has 0 aromatic heterocycles. The maximum Gasteiger partial charge on any atom is 0.253 e. The van der Waals surface area contributed by atoms with Gasteiger partial charge in [-0.25, -0.2) is 5.01 Å². The van der Waals surface area contributed by atoms with Gasteiger partial charge in [0.2, 0.25) is 11.8 Å². The van der Waals surface area contributed by atoms with E-state index in [2.05, 4.69) is 12.3 Å². The normalized spacial score (nSPS) is 25.6. The van der Waals surface area contributed by atoms with Gasteiger partial charge in [0.25, 0.3) is 5.91 Å². The summed E-state index contributed by atoms with van der Waals surface area (Å²) in [5.41, 5.74) is 3.76. The van der Waals surface area contributed by atoms with E-state index >= 15 is 0 Å². The highest BCUT2D eigenvalue weighted by Gasteiger charge is 2.42. The predicted molar refractivity (Wildman–Crippen MR) is 102 cm³/mol. The van der Waals surface area contributed by atoms with Gasteiger partial charge in [0.05, 0.1) is 17.5 Å². The molecule has 1 aromatic carbocycles. The molecular weight excluding hydrogens is 342 g/mol. The van der Waals surface area contributed by atoms with Crippen molar-refractivity contribution in [2.45, 2.75) is 38.6 Å². The van der Waals surface area contributed by atoms with Crippen molar-refractivity contribution in [1.82, 2.24) is 10.3 Å². The summed E-state index contributed by atoms with van der Waals surface area (Å²) in [6.45, 7) is 2.07. The minimum atomic E-state index is -0.333. The molecule has 1 saturated carbocycles. The fraction of sp³-hybridized carbons (Fsp3) is 0.476. The Labute approximate surface area is 159 Å². The molecule has 2 fully saturated rings. The first-order chi connectivity index (χ1) is 13.0. The first kappa shape index (κ1) is 17.8. The lowest BCUT2D eigenvalue weighted by Crippen LogP contribution is -2.59. The van der Waals surface area contributed by atoms with Crippen LogP contribution in [-0.2, 0) is 9.59 Å². The van der Waals surface area contributed by atoms with Crippen molar-refractivity contribution in [2.24, 2.45) is 17.8 Å². The summed E-state index contributed by atoms with van der Waals surface area (Å²) in [7, 11) is 1.82. The zero-order valence-electron chi connectivity index (χ0n) is 15.7. The quantitative estimate of drug-likeness (QED) is 0.832. The van der Waals surface area contributed by atoms with Crippen LogP contribution >= 0.6 is 0 Å². The summed E-state index contributed by atoms with van der Waals surface area (Å²) >= 11 is 0. The molecule has 0 radical (unpaired) electrons. The number of hydrogen-bond donors (Lipinski definition) is 1. The molecule has 1 aliphatic heterocycles. The fourth-order valence-electron chi connectivity index (χ4n) is 4.04. The molecule has 4 rings (SSSR count). The third-order valence-corrected chi connectivity index (χ3v) is 6.12. The Kier molecular flexibility index (Phi) is 4.50. The molecule has 1 saturated heterocycles. The number of carbonyl (C=O) groups excluding carboxylic acids is 3. The Bertz CT molecular complexity index is 815. The monoisotopic (exact) mass is 367 g/mol. The molecule has 3 aliphatic rings. The third kappa shape index (κ3) is 3.24. The summed E-state index contributed by atoms with van der Waals surface area (Å²) < 4.78 is 0. The molecule has 142 valence electrons. The van der Waals surface area contributed by atoms with Crippen LogP contribution in [0.25, 0.3) is 0 Å². The molecule has 1 heterocycles. The number of nitrogens with one attached hydrogen (secondary N) is 1. The highest BCUT2D eigenvalue weighted by Crippen LogP contribution is 2.35. The number of rotatable bonds is 4. The minimum absolute atomic E-state index is 0.0643. The van der Waals surface area contributed by atoms with Crippen molar-refractivity contribution in [3.05, 3.63) is 42.0 Å². The van der Waals surface area contributed by atoms with Gasteiger partial charge in [-0.3, -0.25) is 19.8 Å². The van der Waals surface area contributed by atoms with Crippen LogP contribution in [0.4, 0.5) is 5.69 Å². The molecule has 1 N–H and O–H groups in total. The lowest BCUT2D eigenvalue weighted by molar-refractivity contribution is -0.139. The second kappa shape index (κ2) is 6.83. The number of anilines is 1. The van der Waals surface area contributed by atoms with E-state index in [4.69, 9.17) is 0 Å². The van der Waals surface area contributed by atoms with Crippen LogP contribution in [0.5, 0.6) is 0 Å². The van der Waals surface area contributed by atoms with Crippen LogP contribution in [0, 0.1) is 17.8 Å². The van der Waals surface area contributed by atoms with Gasteiger partial charge in [-0.15, -0.1) is 0 Å². The molecule has 3 amide bonds. The van der Waals surface area contributed by atoms with Crippen LogP contribution in [0.1, 0.15) is 43.0 Å². The average molecular weight is 367 g/mol. The smallest absolute Gasteiger partial charge is 0.253 e. The van der Waals surface area contributed by atoms with E-state index in [1.165, 1.54) is 17.9 Å². The number of carbonyl (C=O) groups is 3. The Balaban J connectivity index is 1.56. The van der Waals surface area contributed by atoms with E-state index < -0.39 is 0 Å². The number of hydrogen-bond acceptors (Lipinski definition) is 3. The molecule has 2 aliphatic carbocycles. The predicted octanol–water partition coefficient (Wildman–Crippen LogP) is 2.52. The summed E-state index contributed by atoms with van der Waals surface area (Å²) in [5, 5.41) is 1.31. The van der Waals surface area contributed by atoms with E-state index in [0.29, 0.717) is 30.0 Å². The molecule has 0 unspecified atom stereocenters. The molecular formula is C21H25N3O3. The first-order valence-electron chi connectivity index (χ1n) is 9.64. The number of amides is 3. The highest BCUT2D eigenvalue weighted by molar-refractivity contribution is 6.05. The molecule has 3 atom stereocenters. The second-order valence-corrected chi connectivity index (χ2v) is 7.85. The van der Waals surface area contributed by atoms with Crippen molar-refractivity contribution in [3.8, 4) is 0 Å². The van der Waals surface area contributed by atoms with E-state index in [1.807, 2.05) is 19.2 Å². The maximum absolute atomic E-state index is 12.9. The van der Waals surface area contributed by atoms with Crippen LogP contribution in [0.3, 0.4) is 0 Å². The second-order valence-electron chi connectivity index (χ2n) is 7.85. The van der Waals surface area contributed by atoms with Crippen molar-refractivity contribution in [1.29, 1.82) is 0 Å². The van der Waals surface area contributed by atoms with Crippen LogP contribution in [0.2, 0.25) is 0 Å². The summed E-state index contributed by atoms with van der Waals surface area (Å²) in [5.74, 6) is -0.366. The van der Waals surface area contributed by atoms with E-state index in [9.17, 15) is 14.4 Å². The van der Waals surface area contributed by atoms with Gasteiger partial charge in [0, 0.05) is 18.7 Å². The average Bonchev–Trinajstić information content (AvgIpc) is 3.54. The Hall–Kier alpha value is -2.63. The molecule has 6 heteroatoms. The number of allylic oxidation sites excluding steroid dienone is 2. The van der Waals surface area contributed by atoms with Gasteiger partial charge in [0.1, 0.15) is 0 Å². The molecule has 0 bridgehead atoms. The lowest BCUT2D eigenvalue weighted by Gasteiger charge is -2.38. The Morgan fingerprint density at radius 1 is 1.19 bits per heavy atom. The number of fused-ring (bicyclic) bond motifs is 1.